The molecule has 0 bridgehead atoms. The van der Waals surface area contributed by atoms with E-state index in [1.54, 1.807) is 52.0 Å². The summed E-state index contributed by atoms with van der Waals surface area (Å²) in [7, 11) is 0. The van der Waals surface area contributed by atoms with E-state index in [1.165, 1.54) is 11.3 Å². The predicted octanol–water partition coefficient (Wildman–Crippen LogP) is 6.14. The number of carbonyl (C=O) groups is 2. The van der Waals surface area contributed by atoms with Crippen molar-refractivity contribution in [2.24, 2.45) is 0 Å². The maximum Gasteiger partial charge on any atom is 0.413 e. The van der Waals surface area contributed by atoms with Crippen LogP contribution in [0.1, 0.15) is 38.1 Å². The third kappa shape index (κ3) is 5.25. The molecule has 0 aliphatic rings. The Hall–Kier alpha value is -2.64. The van der Waals surface area contributed by atoms with Gasteiger partial charge in [-0.3, -0.25) is 5.32 Å². The molecule has 2 aromatic carbocycles. The molecule has 3 aromatic rings. The smallest absolute Gasteiger partial charge is 0.413 e. The minimum Gasteiger partial charge on any atom is -0.462 e. The summed E-state index contributed by atoms with van der Waals surface area (Å²) in [6, 6.07) is 10.7. The lowest BCUT2D eigenvalue weighted by molar-refractivity contribution is 0.0525. The van der Waals surface area contributed by atoms with E-state index in [1.807, 2.05) is 12.1 Å². The summed E-state index contributed by atoms with van der Waals surface area (Å²) in [5.41, 5.74) is 1.96. The Morgan fingerprint density at radius 2 is 1.97 bits per heavy atom. The van der Waals surface area contributed by atoms with Gasteiger partial charge in [0.25, 0.3) is 0 Å². The maximum atomic E-state index is 12.3. The Morgan fingerprint density at radius 1 is 1.21 bits per heavy atom. The summed E-state index contributed by atoms with van der Waals surface area (Å²) in [5.74, 6) is -0.423. The number of fused-ring (bicyclic) bond motifs is 1. The summed E-state index contributed by atoms with van der Waals surface area (Å²) in [6.45, 7) is 7.39. The van der Waals surface area contributed by atoms with E-state index in [0.29, 0.717) is 21.2 Å². The van der Waals surface area contributed by atoms with E-state index < -0.39 is 17.7 Å². The minimum atomic E-state index is -0.621. The average molecular weight is 433 g/mol. The molecule has 1 aromatic heterocycles. The lowest BCUT2D eigenvalue weighted by Crippen LogP contribution is -2.27. The Bertz CT molecular complexity index is 1070. The second-order valence-corrected chi connectivity index (χ2v) is 8.71. The largest absolute Gasteiger partial charge is 0.462 e. The van der Waals surface area contributed by atoms with Crippen LogP contribution in [0.2, 0.25) is 5.02 Å². The normalized spacial score (nSPS) is 11.3. The molecule has 8 heteroatoms. The maximum absolute atomic E-state index is 12.3. The molecule has 152 valence electrons. The Kier molecular flexibility index (Phi) is 6.10. The number of benzene rings is 2. The number of nitrogens with one attached hydrogen (secondary N) is 1. The number of nitrogens with zero attached hydrogens (tertiary/aromatic N) is 1. The monoisotopic (exact) mass is 432 g/mol. The van der Waals surface area contributed by atoms with Crippen molar-refractivity contribution >= 4 is 50.3 Å². The number of hydrogen-bond acceptors (Lipinski definition) is 6. The second-order valence-electron chi connectivity index (χ2n) is 7.25. The number of thiazole rings is 1. The van der Waals surface area contributed by atoms with Gasteiger partial charge in [-0.05, 0) is 57.5 Å². The summed E-state index contributed by atoms with van der Waals surface area (Å²) >= 11 is 7.40. The summed E-state index contributed by atoms with van der Waals surface area (Å²) < 4.78 is 11.2. The fourth-order valence-electron chi connectivity index (χ4n) is 2.68. The first-order valence-corrected chi connectivity index (χ1v) is 10.2. The first-order chi connectivity index (χ1) is 13.7. The van der Waals surface area contributed by atoms with Crippen molar-refractivity contribution in [3.8, 4) is 11.1 Å². The van der Waals surface area contributed by atoms with E-state index >= 15 is 0 Å². The first-order valence-electron chi connectivity index (χ1n) is 9.04. The second kappa shape index (κ2) is 8.39. The fraction of sp³-hybridized carbons (Fsp3) is 0.286. The van der Waals surface area contributed by atoms with Crippen molar-refractivity contribution in [1.82, 2.24) is 4.98 Å². The molecule has 3 rings (SSSR count). The number of hydrogen-bond donors (Lipinski definition) is 1. The number of carbonyl (C=O) groups excluding carboxylic acids is 2. The molecule has 0 atom stereocenters. The molecule has 0 saturated heterocycles. The quantitative estimate of drug-likeness (QED) is 0.501. The SMILES string of the molecule is CCOC(=O)c1cc(-c2cccc(Cl)c2)c2nc(NC(=O)OC(C)(C)C)sc2c1. The Labute approximate surface area is 177 Å². The zero-order valence-electron chi connectivity index (χ0n) is 16.5. The number of anilines is 1. The van der Waals surface area contributed by atoms with Crippen LogP contribution in [0.3, 0.4) is 0 Å². The highest BCUT2D eigenvalue weighted by Crippen LogP contribution is 2.36. The molecule has 0 radical (unpaired) electrons. The van der Waals surface area contributed by atoms with Crippen molar-refractivity contribution in [1.29, 1.82) is 0 Å². The number of aromatic nitrogens is 1. The van der Waals surface area contributed by atoms with Gasteiger partial charge >= 0.3 is 12.1 Å². The zero-order chi connectivity index (χ0) is 21.2. The summed E-state index contributed by atoms with van der Waals surface area (Å²) in [4.78, 5) is 29.0. The van der Waals surface area contributed by atoms with Gasteiger partial charge in [0.1, 0.15) is 5.60 Å². The summed E-state index contributed by atoms with van der Waals surface area (Å²) in [5, 5.41) is 3.60. The number of halogens is 1. The highest BCUT2D eigenvalue weighted by atomic mass is 35.5. The molecule has 29 heavy (non-hydrogen) atoms. The molecule has 0 fully saturated rings. The number of amides is 1. The van der Waals surface area contributed by atoms with Crippen LogP contribution < -0.4 is 5.32 Å². The van der Waals surface area contributed by atoms with Crippen LogP contribution in [0, 0.1) is 0 Å². The molecular weight excluding hydrogens is 412 g/mol. The van der Waals surface area contributed by atoms with Crippen LogP contribution in [0.5, 0.6) is 0 Å². The summed E-state index contributed by atoms with van der Waals surface area (Å²) in [6.07, 6.45) is -0.591. The van der Waals surface area contributed by atoms with E-state index in [2.05, 4.69) is 10.3 Å². The van der Waals surface area contributed by atoms with E-state index in [4.69, 9.17) is 21.1 Å². The van der Waals surface area contributed by atoms with Gasteiger partial charge in [0.05, 0.1) is 22.4 Å². The number of rotatable bonds is 4. The highest BCUT2D eigenvalue weighted by Gasteiger charge is 2.20. The zero-order valence-corrected chi connectivity index (χ0v) is 18.1. The topological polar surface area (TPSA) is 77.5 Å². The average Bonchev–Trinajstić information content (AvgIpc) is 3.01. The van der Waals surface area contributed by atoms with Crippen LogP contribution in [-0.2, 0) is 9.47 Å². The number of esters is 1. The van der Waals surface area contributed by atoms with E-state index in [0.717, 1.165) is 15.8 Å². The van der Waals surface area contributed by atoms with Crippen molar-refractivity contribution in [2.45, 2.75) is 33.3 Å². The van der Waals surface area contributed by atoms with Gasteiger partial charge in [-0.2, -0.15) is 0 Å². The van der Waals surface area contributed by atoms with Gasteiger partial charge in [-0.15, -0.1) is 0 Å². The molecule has 0 aliphatic heterocycles. The van der Waals surface area contributed by atoms with Gasteiger partial charge < -0.3 is 9.47 Å². The fourth-order valence-corrected chi connectivity index (χ4v) is 3.79. The van der Waals surface area contributed by atoms with Crippen LogP contribution in [-0.4, -0.2) is 29.3 Å². The van der Waals surface area contributed by atoms with Crippen LogP contribution in [0.4, 0.5) is 9.93 Å². The van der Waals surface area contributed by atoms with Crippen LogP contribution in [0.25, 0.3) is 21.3 Å². The van der Waals surface area contributed by atoms with Gasteiger partial charge in [-0.25, -0.2) is 14.6 Å². The van der Waals surface area contributed by atoms with Gasteiger partial charge in [0.2, 0.25) is 0 Å². The lowest BCUT2D eigenvalue weighted by atomic mass is 10.0. The van der Waals surface area contributed by atoms with Crippen LogP contribution in [0.15, 0.2) is 36.4 Å². The third-order valence-electron chi connectivity index (χ3n) is 3.75. The van der Waals surface area contributed by atoms with Gasteiger partial charge in [-0.1, -0.05) is 35.1 Å². The lowest BCUT2D eigenvalue weighted by Gasteiger charge is -2.18. The third-order valence-corrected chi connectivity index (χ3v) is 4.90. The molecule has 0 unspecified atom stereocenters. The minimum absolute atomic E-state index is 0.275. The van der Waals surface area contributed by atoms with Gasteiger partial charge in [0, 0.05) is 10.6 Å². The molecular formula is C21H21ClN2O4S. The molecule has 6 nitrogen and oxygen atoms in total. The Morgan fingerprint density at radius 3 is 2.62 bits per heavy atom. The van der Waals surface area contributed by atoms with Gasteiger partial charge in [0.15, 0.2) is 5.13 Å². The van der Waals surface area contributed by atoms with Crippen molar-refractivity contribution in [2.75, 3.05) is 11.9 Å². The Balaban J connectivity index is 2.07. The molecule has 0 spiro atoms. The first kappa shape index (κ1) is 21.1. The van der Waals surface area contributed by atoms with Crippen molar-refractivity contribution in [3.05, 3.63) is 47.0 Å². The van der Waals surface area contributed by atoms with E-state index in [9.17, 15) is 9.59 Å². The number of ether oxygens (including phenoxy) is 2. The van der Waals surface area contributed by atoms with Crippen molar-refractivity contribution < 1.29 is 19.1 Å². The van der Waals surface area contributed by atoms with Crippen LogP contribution >= 0.6 is 22.9 Å². The van der Waals surface area contributed by atoms with E-state index in [-0.39, 0.29) is 6.61 Å². The molecule has 0 aliphatic carbocycles. The van der Waals surface area contributed by atoms with Crippen molar-refractivity contribution in [3.63, 3.8) is 0 Å². The highest BCUT2D eigenvalue weighted by molar-refractivity contribution is 7.22. The molecule has 1 amide bonds. The molecule has 1 heterocycles. The molecule has 0 saturated carbocycles. The standard InChI is InChI=1S/C21H21ClN2O4S/c1-5-27-18(25)13-10-15(12-7-6-8-14(22)9-12)17-16(11-13)29-19(23-17)24-20(26)28-21(2,3)4/h6-11H,5H2,1-4H3,(H,23,24,26). The molecule has 1 N–H and O–H groups in total. The predicted molar refractivity (Wildman–Crippen MR) is 116 cm³/mol.